The lowest BCUT2D eigenvalue weighted by Gasteiger charge is -2.37. The number of rotatable bonds is 4. The first kappa shape index (κ1) is 24.1. The van der Waals surface area contributed by atoms with Gasteiger partial charge >= 0.3 is 12.1 Å². The van der Waals surface area contributed by atoms with E-state index in [2.05, 4.69) is 0 Å². The Labute approximate surface area is 199 Å². The maximum absolute atomic E-state index is 13.8. The minimum atomic E-state index is -4.50. The molecular formula is C27H22F3NO4. The van der Waals surface area contributed by atoms with Gasteiger partial charge in [0.1, 0.15) is 0 Å². The molecule has 0 fully saturated rings. The first-order valence-electron chi connectivity index (χ1n) is 10.7. The fraction of sp³-hybridized carbons (Fsp3) is 0.185. The lowest BCUT2D eigenvalue weighted by Crippen LogP contribution is -2.46. The third kappa shape index (κ3) is 4.64. The van der Waals surface area contributed by atoms with Gasteiger partial charge in [-0.2, -0.15) is 13.2 Å². The fourth-order valence-electron chi connectivity index (χ4n) is 3.94. The second-order valence-corrected chi connectivity index (χ2v) is 9.05. The van der Waals surface area contributed by atoms with E-state index in [1.807, 2.05) is 20.8 Å². The predicted molar refractivity (Wildman–Crippen MR) is 127 cm³/mol. The monoisotopic (exact) mass is 481 g/mol. The van der Waals surface area contributed by atoms with Crippen molar-refractivity contribution in [3.8, 4) is 11.1 Å². The standard InChI is InChI=1S/C27H22F3NO4/c1-26(2,3)31(24(32)17-7-5-4-6-8-17)22-20(16-9-12-19(13-10-16)27(28,29)30)14-11-18-15-21(25(33)34)35-23(18)22/h4-15H,1-3H3,(H,33,34). The Kier molecular flexibility index (Phi) is 5.92. The number of benzene rings is 3. The quantitative estimate of drug-likeness (QED) is 0.333. The van der Waals surface area contributed by atoms with E-state index in [9.17, 15) is 27.9 Å². The second-order valence-electron chi connectivity index (χ2n) is 9.05. The van der Waals surface area contributed by atoms with Crippen LogP contribution in [0, 0.1) is 0 Å². The number of carbonyl (C=O) groups is 2. The van der Waals surface area contributed by atoms with Crippen molar-refractivity contribution in [2.75, 3.05) is 4.90 Å². The summed E-state index contributed by atoms with van der Waals surface area (Å²) in [5, 5.41) is 9.92. The Hall–Kier alpha value is -4.07. The summed E-state index contributed by atoms with van der Waals surface area (Å²) in [6.07, 6.45) is -4.50. The molecule has 0 radical (unpaired) electrons. The number of amides is 1. The molecule has 5 nitrogen and oxygen atoms in total. The summed E-state index contributed by atoms with van der Waals surface area (Å²) < 4.78 is 45.1. The number of aromatic carboxylic acids is 1. The Morgan fingerprint density at radius 1 is 0.886 bits per heavy atom. The highest BCUT2D eigenvalue weighted by Gasteiger charge is 2.35. The average molecular weight is 481 g/mol. The number of carbonyl (C=O) groups excluding carboxylic acids is 1. The zero-order chi connectivity index (χ0) is 25.5. The van der Waals surface area contributed by atoms with Gasteiger partial charge in [0.15, 0.2) is 5.58 Å². The molecule has 0 atom stereocenters. The molecule has 1 N–H and O–H groups in total. The first-order valence-corrected chi connectivity index (χ1v) is 10.7. The van der Waals surface area contributed by atoms with Crippen molar-refractivity contribution in [1.29, 1.82) is 0 Å². The van der Waals surface area contributed by atoms with Crippen molar-refractivity contribution in [3.05, 3.63) is 89.7 Å². The Balaban J connectivity index is 2.02. The minimum Gasteiger partial charge on any atom is -0.475 e. The van der Waals surface area contributed by atoms with Gasteiger partial charge in [-0.25, -0.2) is 4.79 Å². The number of halogens is 3. The summed E-state index contributed by atoms with van der Waals surface area (Å²) >= 11 is 0. The number of furan rings is 1. The molecule has 8 heteroatoms. The van der Waals surface area contributed by atoms with Gasteiger partial charge in [-0.1, -0.05) is 42.5 Å². The summed E-state index contributed by atoms with van der Waals surface area (Å²) in [7, 11) is 0. The average Bonchev–Trinajstić information content (AvgIpc) is 3.24. The van der Waals surface area contributed by atoms with Gasteiger partial charge < -0.3 is 9.52 Å². The number of nitrogens with zero attached hydrogens (tertiary/aromatic N) is 1. The van der Waals surface area contributed by atoms with Gasteiger partial charge in [0.2, 0.25) is 5.76 Å². The van der Waals surface area contributed by atoms with Crippen LogP contribution in [0.1, 0.15) is 47.2 Å². The zero-order valence-electron chi connectivity index (χ0n) is 19.2. The number of fused-ring (bicyclic) bond motifs is 1. The highest BCUT2D eigenvalue weighted by molar-refractivity contribution is 6.14. The van der Waals surface area contributed by atoms with E-state index >= 15 is 0 Å². The van der Waals surface area contributed by atoms with Crippen molar-refractivity contribution in [1.82, 2.24) is 0 Å². The molecule has 35 heavy (non-hydrogen) atoms. The molecule has 0 aliphatic heterocycles. The number of anilines is 1. The molecule has 180 valence electrons. The second kappa shape index (κ2) is 8.61. The Morgan fingerprint density at radius 2 is 1.51 bits per heavy atom. The van der Waals surface area contributed by atoms with Crippen LogP contribution in [0.3, 0.4) is 0 Å². The highest BCUT2D eigenvalue weighted by Crippen LogP contribution is 2.43. The normalized spacial score (nSPS) is 12.1. The maximum atomic E-state index is 13.8. The molecule has 4 rings (SSSR count). The van der Waals surface area contributed by atoms with Crippen molar-refractivity contribution in [3.63, 3.8) is 0 Å². The topological polar surface area (TPSA) is 70.8 Å². The van der Waals surface area contributed by atoms with Gasteiger partial charge in [0, 0.05) is 22.1 Å². The van der Waals surface area contributed by atoms with Gasteiger partial charge in [-0.3, -0.25) is 9.69 Å². The smallest absolute Gasteiger partial charge is 0.416 e. The van der Waals surface area contributed by atoms with Crippen LogP contribution < -0.4 is 4.90 Å². The van der Waals surface area contributed by atoms with Crippen LogP contribution in [-0.4, -0.2) is 22.5 Å². The van der Waals surface area contributed by atoms with Gasteiger partial charge in [-0.15, -0.1) is 0 Å². The van der Waals surface area contributed by atoms with Crippen LogP contribution in [0.5, 0.6) is 0 Å². The van der Waals surface area contributed by atoms with Crippen molar-refractivity contribution in [2.24, 2.45) is 0 Å². The Bertz CT molecular complexity index is 1400. The third-order valence-electron chi connectivity index (χ3n) is 5.51. The summed E-state index contributed by atoms with van der Waals surface area (Å²) in [6.45, 7) is 5.43. The summed E-state index contributed by atoms with van der Waals surface area (Å²) in [5.41, 5.74) is 0.0499. The van der Waals surface area contributed by atoms with Gasteiger partial charge in [0.05, 0.1) is 11.3 Å². The van der Waals surface area contributed by atoms with Crippen LogP contribution in [0.25, 0.3) is 22.1 Å². The molecular weight excluding hydrogens is 459 g/mol. The van der Waals surface area contributed by atoms with Crippen LogP contribution in [0.2, 0.25) is 0 Å². The number of carboxylic acids is 1. The van der Waals surface area contributed by atoms with E-state index in [0.29, 0.717) is 22.1 Å². The molecule has 0 bridgehead atoms. The molecule has 0 aliphatic rings. The van der Waals surface area contributed by atoms with Crippen LogP contribution in [0.15, 0.2) is 77.2 Å². The SMILES string of the molecule is CC(C)(C)N(C(=O)c1ccccc1)c1c(-c2ccc(C(F)(F)F)cc2)ccc2cc(C(=O)O)oc12. The van der Waals surface area contributed by atoms with Crippen molar-refractivity contribution in [2.45, 2.75) is 32.5 Å². The number of hydrogen-bond donors (Lipinski definition) is 1. The van der Waals surface area contributed by atoms with E-state index in [1.165, 1.54) is 23.1 Å². The third-order valence-corrected chi connectivity index (χ3v) is 5.51. The molecule has 0 unspecified atom stereocenters. The van der Waals surface area contributed by atoms with Crippen LogP contribution in [0.4, 0.5) is 18.9 Å². The molecule has 0 saturated carbocycles. The molecule has 0 spiro atoms. The zero-order valence-corrected chi connectivity index (χ0v) is 19.2. The highest BCUT2D eigenvalue weighted by atomic mass is 19.4. The van der Waals surface area contributed by atoms with Crippen LogP contribution >= 0.6 is 0 Å². The van der Waals surface area contributed by atoms with Crippen LogP contribution in [-0.2, 0) is 6.18 Å². The summed E-state index contributed by atoms with van der Waals surface area (Å²) in [4.78, 5) is 26.9. The van der Waals surface area contributed by atoms with Crippen molar-refractivity contribution >= 4 is 28.5 Å². The van der Waals surface area contributed by atoms with E-state index in [1.54, 1.807) is 42.5 Å². The largest absolute Gasteiger partial charge is 0.475 e. The molecule has 0 saturated heterocycles. The molecule has 0 aliphatic carbocycles. The number of carboxylic acid groups (broad SMARTS) is 1. The summed E-state index contributed by atoms with van der Waals surface area (Å²) in [6, 6.07) is 17.7. The Morgan fingerprint density at radius 3 is 2.06 bits per heavy atom. The number of hydrogen-bond acceptors (Lipinski definition) is 3. The molecule has 1 aromatic heterocycles. The van der Waals surface area contributed by atoms with Gasteiger partial charge in [-0.05, 0) is 56.7 Å². The van der Waals surface area contributed by atoms with E-state index in [4.69, 9.17) is 4.42 Å². The minimum absolute atomic E-state index is 0.152. The lowest BCUT2D eigenvalue weighted by atomic mass is 9.95. The van der Waals surface area contributed by atoms with E-state index in [0.717, 1.165) is 12.1 Å². The molecule has 1 amide bonds. The predicted octanol–water partition coefficient (Wildman–Crippen LogP) is 7.26. The maximum Gasteiger partial charge on any atom is 0.416 e. The van der Waals surface area contributed by atoms with E-state index < -0.39 is 23.2 Å². The number of alkyl halides is 3. The first-order chi connectivity index (χ1) is 16.4. The summed E-state index contributed by atoms with van der Waals surface area (Å²) in [5.74, 6) is -1.96. The molecule has 1 heterocycles. The van der Waals surface area contributed by atoms with Crippen molar-refractivity contribution < 1.29 is 32.3 Å². The fourth-order valence-corrected chi connectivity index (χ4v) is 3.94. The van der Waals surface area contributed by atoms with E-state index in [-0.39, 0.29) is 22.9 Å². The molecule has 4 aromatic rings. The van der Waals surface area contributed by atoms with Gasteiger partial charge in [0.25, 0.3) is 5.91 Å². The lowest BCUT2D eigenvalue weighted by molar-refractivity contribution is -0.137. The molecule has 3 aromatic carbocycles.